The van der Waals surface area contributed by atoms with Crippen LogP contribution >= 0.6 is 23.1 Å². The van der Waals surface area contributed by atoms with Crippen LogP contribution in [0.15, 0.2) is 59.3 Å². The molecule has 0 unspecified atom stereocenters. The summed E-state index contributed by atoms with van der Waals surface area (Å²) in [5.74, 6) is 1.24. The maximum atomic E-state index is 12.4. The number of nitrogens with zero attached hydrogens (tertiary/aromatic N) is 5. The van der Waals surface area contributed by atoms with E-state index >= 15 is 0 Å². The Morgan fingerprint density at radius 1 is 1.12 bits per heavy atom. The Morgan fingerprint density at radius 2 is 2.00 bits per heavy atom. The number of carbonyl (C=O) groups is 1. The summed E-state index contributed by atoms with van der Waals surface area (Å²) in [6, 6.07) is 12.0. The SMILES string of the molecule is CCCCCCNC(=O)c1csc(CSc2nnc(-c3cccnc3)n2-c2ccccc2C)n1. The fourth-order valence-corrected chi connectivity index (χ4v) is 5.27. The number of hydrogen-bond acceptors (Lipinski definition) is 7. The van der Waals surface area contributed by atoms with E-state index in [0.29, 0.717) is 18.0 Å². The van der Waals surface area contributed by atoms with E-state index < -0.39 is 0 Å². The zero-order chi connectivity index (χ0) is 23.8. The standard InChI is InChI=1S/C25H28N6OS2/c1-3-4-5-8-14-27-24(32)20-16-33-22(28-20)17-34-25-30-29-23(19-11-9-13-26-15-19)31(25)21-12-7-6-10-18(21)2/h6-7,9-13,15-16H,3-5,8,14,17H2,1-2H3,(H,27,32). The van der Waals surface area contributed by atoms with Gasteiger partial charge in [0.1, 0.15) is 10.7 Å². The van der Waals surface area contributed by atoms with Gasteiger partial charge >= 0.3 is 0 Å². The van der Waals surface area contributed by atoms with Crippen molar-refractivity contribution in [3.8, 4) is 17.1 Å². The highest BCUT2D eigenvalue weighted by Gasteiger charge is 2.18. The predicted molar refractivity (Wildman–Crippen MR) is 137 cm³/mol. The summed E-state index contributed by atoms with van der Waals surface area (Å²) in [7, 11) is 0. The van der Waals surface area contributed by atoms with Gasteiger partial charge in [-0.3, -0.25) is 14.3 Å². The third-order valence-electron chi connectivity index (χ3n) is 5.33. The number of para-hydroxylation sites is 1. The lowest BCUT2D eigenvalue weighted by molar-refractivity contribution is 0.0948. The Kier molecular flexibility index (Phi) is 8.43. The van der Waals surface area contributed by atoms with E-state index in [0.717, 1.165) is 45.6 Å². The van der Waals surface area contributed by atoms with E-state index in [-0.39, 0.29) is 5.91 Å². The summed E-state index contributed by atoms with van der Waals surface area (Å²) in [6.45, 7) is 4.94. The van der Waals surface area contributed by atoms with Crippen LogP contribution in [0.25, 0.3) is 17.1 Å². The number of hydrogen-bond donors (Lipinski definition) is 1. The molecular formula is C25H28N6OS2. The monoisotopic (exact) mass is 492 g/mol. The van der Waals surface area contributed by atoms with Crippen LogP contribution in [0.3, 0.4) is 0 Å². The molecule has 0 aliphatic carbocycles. The molecule has 34 heavy (non-hydrogen) atoms. The van der Waals surface area contributed by atoms with E-state index in [4.69, 9.17) is 0 Å². The number of aryl methyl sites for hydroxylation is 1. The van der Waals surface area contributed by atoms with Crippen molar-refractivity contribution in [2.45, 2.75) is 50.4 Å². The van der Waals surface area contributed by atoms with Gasteiger partial charge in [0.05, 0.1) is 11.4 Å². The van der Waals surface area contributed by atoms with E-state index in [9.17, 15) is 4.79 Å². The summed E-state index contributed by atoms with van der Waals surface area (Å²) in [4.78, 5) is 21.2. The summed E-state index contributed by atoms with van der Waals surface area (Å²) in [6.07, 6.45) is 8.06. The zero-order valence-electron chi connectivity index (χ0n) is 19.4. The molecule has 0 radical (unpaired) electrons. The van der Waals surface area contributed by atoms with E-state index in [1.807, 2.05) is 29.6 Å². The van der Waals surface area contributed by atoms with Gasteiger partial charge in [0.2, 0.25) is 0 Å². The lowest BCUT2D eigenvalue weighted by Gasteiger charge is -2.12. The quantitative estimate of drug-likeness (QED) is 0.214. The fraction of sp³-hybridized carbons (Fsp3) is 0.320. The largest absolute Gasteiger partial charge is 0.351 e. The third kappa shape index (κ3) is 5.90. The summed E-state index contributed by atoms with van der Waals surface area (Å²) >= 11 is 3.05. The highest BCUT2D eigenvalue weighted by molar-refractivity contribution is 7.98. The third-order valence-corrected chi connectivity index (χ3v) is 7.31. The fourth-order valence-electron chi connectivity index (χ4n) is 3.53. The van der Waals surface area contributed by atoms with Gasteiger partial charge in [0.25, 0.3) is 5.91 Å². The number of thioether (sulfide) groups is 1. The van der Waals surface area contributed by atoms with Crippen molar-refractivity contribution in [2.24, 2.45) is 0 Å². The van der Waals surface area contributed by atoms with Crippen molar-refractivity contribution in [1.82, 2.24) is 30.0 Å². The number of thiazole rings is 1. The van der Waals surface area contributed by atoms with Gasteiger partial charge in [0, 0.05) is 29.9 Å². The van der Waals surface area contributed by atoms with Gasteiger partial charge < -0.3 is 5.32 Å². The maximum Gasteiger partial charge on any atom is 0.270 e. The number of amides is 1. The smallest absolute Gasteiger partial charge is 0.270 e. The minimum atomic E-state index is -0.106. The number of nitrogens with one attached hydrogen (secondary N) is 1. The topological polar surface area (TPSA) is 85.6 Å². The van der Waals surface area contributed by atoms with Gasteiger partial charge in [-0.05, 0) is 37.1 Å². The second kappa shape index (κ2) is 11.9. The number of rotatable bonds is 11. The second-order valence-corrected chi connectivity index (χ2v) is 9.79. The first-order valence-corrected chi connectivity index (χ1v) is 13.3. The summed E-state index contributed by atoms with van der Waals surface area (Å²) in [5, 5.41) is 15.4. The highest BCUT2D eigenvalue weighted by atomic mass is 32.2. The van der Waals surface area contributed by atoms with Crippen LogP contribution in [0.4, 0.5) is 0 Å². The molecular weight excluding hydrogens is 464 g/mol. The first kappa shape index (κ1) is 24.1. The van der Waals surface area contributed by atoms with Crippen molar-refractivity contribution in [3.63, 3.8) is 0 Å². The molecule has 3 aromatic heterocycles. The molecule has 0 atom stereocenters. The summed E-state index contributed by atoms with van der Waals surface area (Å²) in [5.41, 5.74) is 3.53. The van der Waals surface area contributed by atoms with Gasteiger partial charge in [-0.1, -0.05) is 56.1 Å². The molecule has 4 aromatic rings. The van der Waals surface area contributed by atoms with Crippen LogP contribution in [0.1, 0.15) is 53.7 Å². The Hall–Kier alpha value is -3.04. The lowest BCUT2D eigenvalue weighted by atomic mass is 10.2. The van der Waals surface area contributed by atoms with Crippen molar-refractivity contribution < 1.29 is 4.79 Å². The lowest BCUT2D eigenvalue weighted by Crippen LogP contribution is -2.24. The average Bonchev–Trinajstić information content (AvgIpc) is 3.51. The van der Waals surface area contributed by atoms with Crippen LogP contribution in [0.2, 0.25) is 0 Å². The Balaban J connectivity index is 1.48. The second-order valence-electron chi connectivity index (χ2n) is 7.90. The van der Waals surface area contributed by atoms with Crippen LogP contribution in [-0.2, 0) is 5.75 Å². The molecule has 1 N–H and O–H groups in total. The molecule has 0 saturated carbocycles. The normalized spacial score (nSPS) is 11.0. The van der Waals surface area contributed by atoms with Crippen LogP contribution < -0.4 is 5.32 Å². The van der Waals surface area contributed by atoms with Crippen molar-refractivity contribution in [3.05, 3.63) is 70.4 Å². The first-order valence-electron chi connectivity index (χ1n) is 11.4. The van der Waals surface area contributed by atoms with Crippen LogP contribution in [-0.4, -0.2) is 37.2 Å². The number of unbranched alkanes of at least 4 members (excludes halogenated alkanes) is 3. The molecule has 0 spiro atoms. The van der Waals surface area contributed by atoms with Crippen molar-refractivity contribution in [1.29, 1.82) is 0 Å². The summed E-state index contributed by atoms with van der Waals surface area (Å²) < 4.78 is 2.06. The molecule has 1 amide bonds. The van der Waals surface area contributed by atoms with E-state index in [1.54, 1.807) is 24.2 Å². The molecule has 0 aliphatic heterocycles. The highest BCUT2D eigenvalue weighted by Crippen LogP contribution is 2.31. The molecule has 176 valence electrons. The van der Waals surface area contributed by atoms with Gasteiger partial charge in [-0.2, -0.15) is 0 Å². The predicted octanol–water partition coefficient (Wildman–Crippen LogP) is 5.70. The Labute approximate surface area is 208 Å². The molecule has 0 bridgehead atoms. The van der Waals surface area contributed by atoms with Crippen LogP contribution in [0, 0.1) is 6.92 Å². The number of aromatic nitrogens is 5. The minimum Gasteiger partial charge on any atom is -0.351 e. The number of carbonyl (C=O) groups excluding carboxylic acids is 1. The van der Waals surface area contributed by atoms with Crippen molar-refractivity contribution in [2.75, 3.05) is 6.54 Å². The molecule has 0 aliphatic rings. The molecule has 9 heteroatoms. The maximum absolute atomic E-state index is 12.4. The first-order chi connectivity index (χ1) is 16.7. The molecule has 0 fully saturated rings. The van der Waals surface area contributed by atoms with E-state index in [2.05, 4.69) is 56.0 Å². The Bertz CT molecular complexity index is 1220. The Morgan fingerprint density at radius 3 is 2.79 bits per heavy atom. The number of benzene rings is 1. The van der Waals surface area contributed by atoms with E-state index in [1.165, 1.54) is 24.2 Å². The molecule has 4 rings (SSSR count). The zero-order valence-corrected chi connectivity index (χ0v) is 21.0. The molecule has 1 aromatic carbocycles. The van der Waals surface area contributed by atoms with Crippen LogP contribution in [0.5, 0.6) is 0 Å². The van der Waals surface area contributed by atoms with Gasteiger partial charge in [0.15, 0.2) is 11.0 Å². The van der Waals surface area contributed by atoms with Gasteiger partial charge in [-0.25, -0.2) is 4.98 Å². The minimum absolute atomic E-state index is 0.106. The van der Waals surface area contributed by atoms with Gasteiger partial charge in [-0.15, -0.1) is 21.5 Å². The average molecular weight is 493 g/mol. The molecule has 3 heterocycles. The molecule has 0 saturated heterocycles. The van der Waals surface area contributed by atoms with Crippen molar-refractivity contribution >= 4 is 29.0 Å². The molecule has 7 nitrogen and oxygen atoms in total. The number of pyridine rings is 1.